The van der Waals surface area contributed by atoms with Crippen LogP contribution in [0.1, 0.15) is 51.9 Å². The van der Waals surface area contributed by atoms with Crippen LogP contribution in [0.3, 0.4) is 0 Å². The molecule has 0 aromatic carbocycles. The third kappa shape index (κ3) is 4.39. The quantitative estimate of drug-likeness (QED) is 0.769. The molecule has 2 fully saturated rings. The van der Waals surface area contributed by atoms with E-state index in [0.29, 0.717) is 12.1 Å². The summed E-state index contributed by atoms with van der Waals surface area (Å²) >= 11 is 5.44. The predicted octanol–water partition coefficient (Wildman–Crippen LogP) is 2.27. The van der Waals surface area contributed by atoms with Crippen molar-refractivity contribution in [2.75, 3.05) is 19.6 Å². The van der Waals surface area contributed by atoms with Gasteiger partial charge in [-0.3, -0.25) is 0 Å². The van der Waals surface area contributed by atoms with Gasteiger partial charge < -0.3 is 15.5 Å². The number of hydrogen-bond donors (Lipinski definition) is 2. The van der Waals surface area contributed by atoms with E-state index in [4.69, 9.17) is 12.2 Å². The van der Waals surface area contributed by atoms with Crippen molar-refractivity contribution in [3.8, 4) is 0 Å². The second kappa shape index (κ2) is 7.29. The fourth-order valence-corrected chi connectivity index (χ4v) is 3.39. The maximum Gasteiger partial charge on any atom is 0.166 e. The molecular weight excluding hydrogens is 242 g/mol. The van der Waals surface area contributed by atoms with Gasteiger partial charge in [0.15, 0.2) is 5.11 Å². The van der Waals surface area contributed by atoms with E-state index in [2.05, 4.69) is 22.5 Å². The van der Waals surface area contributed by atoms with Crippen molar-refractivity contribution in [1.82, 2.24) is 15.5 Å². The Hall–Kier alpha value is -0.350. The molecule has 4 heteroatoms. The first-order valence-electron chi connectivity index (χ1n) is 7.57. The van der Waals surface area contributed by atoms with Crippen molar-refractivity contribution < 1.29 is 0 Å². The normalized spacial score (nSPS) is 23.8. The fourth-order valence-electron chi connectivity index (χ4n) is 3.05. The summed E-state index contributed by atoms with van der Waals surface area (Å²) in [6.45, 7) is 5.83. The molecule has 0 bridgehead atoms. The Morgan fingerprint density at radius 3 is 2.11 bits per heavy atom. The molecule has 1 aliphatic heterocycles. The van der Waals surface area contributed by atoms with Gasteiger partial charge in [-0.25, -0.2) is 0 Å². The Balaban J connectivity index is 1.65. The molecule has 18 heavy (non-hydrogen) atoms. The Morgan fingerprint density at radius 1 is 1.00 bits per heavy atom. The van der Waals surface area contributed by atoms with Gasteiger partial charge in [-0.05, 0) is 44.4 Å². The van der Waals surface area contributed by atoms with E-state index in [1.165, 1.54) is 64.6 Å². The number of nitrogens with one attached hydrogen (secondary N) is 2. The minimum atomic E-state index is 0.580. The number of likely N-dealkylation sites (tertiary alicyclic amines) is 1. The zero-order chi connectivity index (χ0) is 12.8. The second-order valence-electron chi connectivity index (χ2n) is 5.66. The molecule has 0 atom stereocenters. The highest BCUT2D eigenvalue weighted by Gasteiger charge is 2.20. The van der Waals surface area contributed by atoms with Gasteiger partial charge in [0.05, 0.1) is 0 Å². The lowest BCUT2D eigenvalue weighted by Gasteiger charge is -2.33. The zero-order valence-electron chi connectivity index (χ0n) is 11.6. The molecule has 0 aromatic heterocycles. The Morgan fingerprint density at radius 2 is 1.56 bits per heavy atom. The highest BCUT2D eigenvalue weighted by Crippen LogP contribution is 2.17. The lowest BCUT2D eigenvalue weighted by molar-refractivity contribution is 0.215. The molecule has 0 radical (unpaired) electrons. The third-order valence-electron chi connectivity index (χ3n) is 4.31. The fraction of sp³-hybridized carbons (Fsp3) is 0.929. The summed E-state index contributed by atoms with van der Waals surface area (Å²) in [6.07, 6.45) is 9.13. The minimum absolute atomic E-state index is 0.580. The average Bonchev–Trinajstić information content (AvgIpc) is 2.40. The SMILES string of the molecule is CCN1CCC(NC(=S)NC2CCCCC2)CC1. The van der Waals surface area contributed by atoms with Crippen molar-refractivity contribution >= 4 is 17.3 Å². The van der Waals surface area contributed by atoms with Crippen LogP contribution < -0.4 is 10.6 Å². The van der Waals surface area contributed by atoms with E-state index < -0.39 is 0 Å². The standard InChI is InChI=1S/C14H27N3S/c1-2-17-10-8-13(9-11-17)16-14(18)15-12-6-4-3-5-7-12/h12-13H,2-11H2,1H3,(H2,15,16,18). The monoisotopic (exact) mass is 269 g/mol. The van der Waals surface area contributed by atoms with Crippen LogP contribution in [0.5, 0.6) is 0 Å². The van der Waals surface area contributed by atoms with Crippen LogP contribution in [0.4, 0.5) is 0 Å². The van der Waals surface area contributed by atoms with Crippen LogP contribution in [-0.4, -0.2) is 41.7 Å². The van der Waals surface area contributed by atoms with E-state index in [0.717, 1.165) is 5.11 Å². The predicted molar refractivity (Wildman–Crippen MR) is 80.9 cm³/mol. The highest BCUT2D eigenvalue weighted by atomic mass is 32.1. The summed E-state index contributed by atoms with van der Waals surface area (Å²) in [6, 6.07) is 1.20. The lowest BCUT2D eigenvalue weighted by atomic mass is 9.96. The summed E-state index contributed by atoms with van der Waals surface area (Å²) < 4.78 is 0. The van der Waals surface area contributed by atoms with Crippen molar-refractivity contribution in [1.29, 1.82) is 0 Å². The van der Waals surface area contributed by atoms with Gasteiger partial charge >= 0.3 is 0 Å². The Kier molecular flexibility index (Phi) is 5.70. The summed E-state index contributed by atoms with van der Waals surface area (Å²) in [5, 5.41) is 7.89. The molecule has 0 aromatic rings. The number of hydrogen-bond acceptors (Lipinski definition) is 2. The first-order chi connectivity index (χ1) is 8.78. The average molecular weight is 269 g/mol. The van der Waals surface area contributed by atoms with Crippen LogP contribution in [-0.2, 0) is 0 Å². The zero-order valence-corrected chi connectivity index (χ0v) is 12.4. The van der Waals surface area contributed by atoms with Gasteiger partial charge in [-0.15, -0.1) is 0 Å². The van der Waals surface area contributed by atoms with Crippen LogP contribution in [0, 0.1) is 0 Å². The number of nitrogens with zero attached hydrogens (tertiary/aromatic N) is 1. The minimum Gasteiger partial charge on any atom is -0.360 e. The van der Waals surface area contributed by atoms with Crippen LogP contribution in [0.2, 0.25) is 0 Å². The van der Waals surface area contributed by atoms with E-state index in [9.17, 15) is 0 Å². The molecule has 1 saturated carbocycles. The Bertz CT molecular complexity index is 256. The highest BCUT2D eigenvalue weighted by molar-refractivity contribution is 7.80. The van der Waals surface area contributed by atoms with E-state index >= 15 is 0 Å². The van der Waals surface area contributed by atoms with Crippen LogP contribution in [0.25, 0.3) is 0 Å². The van der Waals surface area contributed by atoms with Crippen LogP contribution in [0.15, 0.2) is 0 Å². The molecule has 0 amide bonds. The summed E-state index contributed by atoms with van der Waals surface area (Å²) in [5.41, 5.74) is 0. The smallest absolute Gasteiger partial charge is 0.166 e. The molecule has 2 aliphatic rings. The molecule has 2 rings (SSSR count). The van der Waals surface area contributed by atoms with Crippen molar-refractivity contribution in [3.05, 3.63) is 0 Å². The lowest BCUT2D eigenvalue weighted by Crippen LogP contribution is -2.50. The van der Waals surface area contributed by atoms with Gasteiger partial charge in [0, 0.05) is 25.2 Å². The van der Waals surface area contributed by atoms with Gasteiger partial charge in [-0.1, -0.05) is 26.2 Å². The summed E-state index contributed by atoms with van der Waals surface area (Å²) in [5.74, 6) is 0. The molecule has 0 spiro atoms. The number of piperidine rings is 1. The molecular formula is C14H27N3S. The third-order valence-corrected chi connectivity index (χ3v) is 4.55. The van der Waals surface area contributed by atoms with Crippen molar-refractivity contribution in [2.24, 2.45) is 0 Å². The number of thiocarbonyl (C=S) groups is 1. The molecule has 2 N–H and O–H groups in total. The molecule has 1 aliphatic carbocycles. The first-order valence-corrected chi connectivity index (χ1v) is 7.98. The van der Waals surface area contributed by atoms with Crippen molar-refractivity contribution in [3.63, 3.8) is 0 Å². The van der Waals surface area contributed by atoms with Gasteiger partial charge in [0.25, 0.3) is 0 Å². The maximum absolute atomic E-state index is 5.44. The molecule has 0 unspecified atom stereocenters. The summed E-state index contributed by atoms with van der Waals surface area (Å²) in [4.78, 5) is 2.51. The Labute approximate surface area is 117 Å². The van der Waals surface area contributed by atoms with E-state index in [-0.39, 0.29) is 0 Å². The topological polar surface area (TPSA) is 27.3 Å². The van der Waals surface area contributed by atoms with E-state index in [1.54, 1.807) is 0 Å². The molecule has 104 valence electrons. The molecule has 1 heterocycles. The van der Waals surface area contributed by atoms with Crippen molar-refractivity contribution in [2.45, 2.75) is 64.0 Å². The van der Waals surface area contributed by atoms with Crippen LogP contribution >= 0.6 is 12.2 Å². The largest absolute Gasteiger partial charge is 0.360 e. The first kappa shape index (κ1) is 14.1. The molecule has 3 nitrogen and oxygen atoms in total. The summed E-state index contributed by atoms with van der Waals surface area (Å²) in [7, 11) is 0. The second-order valence-corrected chi connectivity index (χ2v) is 6.07. The van der Waals surface area contributed by atoms with Gasteiger partial charge in [0.2, 0.25) is 0 Å². The molecule has 1 saturated heterocycles. The maximum atomic E-state index is 5.44. The van der Waals surface area contributed by atoms with Gasteiger partial charge in [0.1, 0.15) is 0 Å². The van der Waals surface area contributed by atoms with Gasteiger partial charge in [-0.2, -0.15) is 0 Å². The van der Waals surface area contributed by atoms with E-state index in [1.807, 2.05) is 0 Å². The number of rotatable bonds is 3.